The van der Waals surface area contributed by atoms with Crippen molar-refractivity contribution in [1.82, 2.24) is 5.16 Å². The summed E-state index contributed by atoms with van der Waals surface area (Å²) < 4.78 is 10.1. The Morgan fingerprint density at radius 3 is 3.25 bits per heavy atom. The zero-order valence-corrected chi connectivity index (χ0v) is 6.78. The van der Waals surface area contributed by atoms with Crippen LogP contribution >= 0.6 is 0 Å². The fourth-order valence-electron chi connectivity index (χ4n) is 1.22. The van der Waals surface area contributed by atoms with Gasteiger partial charge in [0.1, 0.15) is 0 Å². The highest BCUT2D eigenvalue weighted by molar-refractivity contribution is 5.78. The van der Waals surface area contributed by atoms with Gasteiger partial charge in [-0.1, -0.05) is 17.3 Å². The Bertz CT molecular complexity index is 381. The van der Waals surface area contributed by atoms with Crippen LogP contribution in [0.3, 0.4) is 0 Å². The number of fused-ring (bicyclic) bond motifs is 1. The van der Waals surface area contributed by atoms with Crippen LogP contribution < -0.4 is 0 Å². The summed E-state index contributed by atoms with van der Waals surface area (Å²) in [5, 5.41) is 4.73. The van der Waals surface area contributed by atoms with Crippen LogP contribution in [-0.4, -0.2) is 12.3 Å². The Kier molecular flexibility index (Phi) is 1.80. The summed E-state index contributed by atoms with van der Waals surface area (Å²) in [4.78, 5) is 0. The van der Waals surface area contributed by atoms with Gasteiger partial charge in [0.2, 0.25) is 0 Å². The highest BCUT2D eigenvalue weighted by Gasteiger charge is 2.03. The first kappa shape index (κ1) is 7.31. The molecule has 0 N–H and O–H groups in total. The van der Waals surface area contributed by atoms with E-state index in [1.54, 1.807) is 13.3 Å². The standard InChI is InChI=1S/C9H9NO2/c1-11-6-8-4-2-3-7-5-10-12-9(7)8/h2-5H,6H2,1H3. The number of ether oxygens (including phenoxy) is 1. The van der Waals surface area contributed by atoms with Crippen molar-refractivity contribution in [3.8, 4) is 0 Å². The summed E-state index contributed by atoms with van der Waals surface area (Å²) in [6.07, 6.45) is 1.70. The van der Waals surface area contributed by atoms with Crippen molar-refractivity contribution in [2.24, 2.45) is 0 Å². The molecule has 0 unspecified atom stereocenters. The summed E-state index contributed by atoms with van der Waals surface area (Å²) in [7, 11) is 1.66. The van der Waals surface area contributed by atoms with Gasteiger partial charge in [0.15, 0.2) is 5.58 Å². The molecule has 0 aliphatic carbocycles. The highest BCUT2D eigenvalue weighted by atomic mass is 16.5. The lowest BCUT2D eigenvalue weighted by Gasteiger charge is -1.97. The van der Waals surface area contributed by atoms with E-state index in [2.05, 4.69) is 5.16 Å². The zero-order chi connectivity index (χ0) is 8.39. The first-order valence-electron chi connectivity index (χ1n) is 3.73. The molecule has 0 spiro atoms. The fraction of sp³-hybridized carbons (Fsp3) is 0.222. The van der Waals surface area contributed by atoms with Gasteiger partial charge in [-0.05, 0) is 6.07 Å². The molecule has 2 aromatic rings. The molecule has 0 fully saturated rings. The number of aromatic nitrogens is 1. The van der Waals surface area contributed by atoms with Crippen molar-refractivity contribution in [3.05, 3.63) is 30.0 Å². The van der Waals surface area contributed by atoms with Crippen molar-refractivity contribution in [1.29, 1.82) is 0 Å². The van der Waals surface area contributed by atoms with Crippen LogP contribution in [0.2, 0.25) is 0 Å². The lowest BCUT2D eigenvalue weighted by Crippen LogP contribution is -1.86. The topological polar surface area (TPSA) is 35.3 Å². The molecule has 0 bridgehead atoms. The maximum Gasteiger partial charge on any atom is 0.172 e. The smallest absolute Gasteiger partial charge is 0.172 e. The number of hydrogen-bond acceptors (Lipinski definition) is 3. The van der Waals surface area contributed by atoms with Crippen LogP contribution in [-0.2, 0) is 11.3 Å². The minimum atomic E-state index is 0.562. The van der Waals surface area contributed by atoms with Gasteiger partial charge in [0.25, 0.3) is 0 Å². The average molecular weight is 163 g/mol. The van der Waals surface area contributed by atoms with E-state index in [1.165, 1.54) is 0 Å². The molecule has 3 heteroatoms. The molecule has 1 heterocycles. The number of hydrogen-bond donors (Lipinski definition) is 0. The molecule has 0 atom stereocenters. The second kappa shape index (κ2) is 2.95. The molecule has 12 heavy (non-hydrogen) atoms. The summed E-state index contributed by atoms with van der Waals surface area (Å²) in [5.74, 6) is 0. The third kappa shape index (κ3) is 1.08. The van der Waals surface area contributed by atoms with Crippen LogP contribution in [0.5, 0.6) is 0 Å². The van der Waals surface area contributed by atoms with Gasteiger partial charge in [-0.15, -0.1) is 0 Å². The Morgan fingerprint density at radius 1 is 1.50 bits per heavy atom. The number of rotatable bonds is 2. The van der Waals surface area contributed by atoms with Crippen LogP contribution in [0.15, 0.2) is 28.9 Å². The van der Waals surface area contributed by atoms with E-state index in [1.807, 2.05) is 18.2 Å². The maximum atomic E-state index is 5.07. The summed E-state index contributed by atoms with van der Waals surface area (Å²) in [6.45, 7) is 0.562. The molecule has 1 aromatic carbocycles. The molecule has 2 rings (SSSR count). The third-order valence-electron chi connectivity index (χ3n) is 1.76. The second-order valence-electron chi connectivity index (χ2n) is 2.59. The minimum absolute atomic E-state index is 0.562. The van der Waals surface area contributed by atoms with E-state index in [-0.39, 0.29) is 0 Å². The third-order valence-corrected chi connectivity index (χ3v) is 1.76. The van der Waals surface area contributed by atoms with Crippen molar-refractivity contribution >= 4 is 11.0 Å². The van der Waals surface area contributed by atoms with Crippen molar-refractivity contribution in [2.45, 2.75) is 6.61 Å². The second-order valence-corrected chi connectivity index (χ2v) is 2.59. The lowest BCUT2D eigenvalue weighted by atomic mass is 10.2. The van der Waals surface area contributed by atoms with E-state index in [4.69, 9.17) is 9.26 Å². The van der Waals surface area contributed by atoms with E-state index < -0.39 is 0 Å². The van der Waals surface area contributed by atoms with Crippen LogP contribution in [0.4, 0.5) is 0 Å². The Balaban J connectivity index is 2.57. The van der Waals surface area contributed by atoms with E-state index >= 15 is 0 Å². The van der Waals surface area contributed by atoms with E-state index in [0.717, 1.165) is 16.5 Å². The summed E-state index contributed by atoms with van der Waals surface area (Å²) >= 11 is 0. The average Bonchev–Trinajstić information content (AvgIpc) is 2.53. The lowest BCUT2D eigenvalue weighted by molar-refractivity contribution is 0.184. The normalized spacial score (nSPS) is 10.8. The van der Waals surface area contributed by atoms with Crippen LogP contribution in [0.1, 0.15) is 5.56 Å². The van der Waals surface area contributed by atoms with Crippen molar-refractivity contribution < 1.29 is 9.26 Å². The zero-order valence-electron chi connectivity index (χ0n) is 6.78. The molecule has 0 aliphatic heterocycles. The Hall–Kier alpha value is -1.35. The van der Waals surface area contributed by atoms with Gasteiger partial charge in [0.05, 0.1) is 12.8 Å². The van der Waals surface area contributed by atoms with E-state index in [9.17, 15) is 0 Å². The molecule has 1 aromatic heterocycles. The SMILES string of the molecule is COCc1cccc2cnoc12. The van der Waals surface area contributed by atoms with Crippen molar-refractivity contribution in [3.63, 3.8) is 0 Å². The monoisotopic (exact) mass is 163 g/mol. The summed E-state index contributed by atoms with van der Waals surface area (Å²) in [5.41, 5.74) is 1.85. The maximum absolute atomic E-state index is 5.07. The predicted molar refractivity (Wildman–Crippen MR) is 44.7 cm³/mol. The molecule has 0 saturated heterocycles. The first-order valence-corrected chi connectivity index (χ1v) is 3.73. The number of benzene rings is 1. The van der Waals surface area contributed by atoms with Gasteiger partial charge in [-0.3, -0.25) is 0 Å². The minimum Gasteiger partial charge on any atom is -0.380 e. The predicted octanol–water partition coefficient (Wildman–Crippen LogP) is 1.97. The molecule has 0 radical (unpaired) electrons. The highest BCUT2D eigenvalue weighted by Crippen LogP contribution is 2.18. The van der Waals surface area contributed by atoms with Gasteiger partial charge in [-0.25, -0.2) is 0 Å². The van der Waals surface area contributed by atoms with Gasteiger partial charge in [-0.2, -0.15) is 0 Å². The van der Waals surface area contributed by atoms with Gasteiger partial charge >= 0.3 is 0 Å². The fourth-order valence-corrected chi connectivity index (χ4v) is 1.22. The number of nitrogens with zero attached hydrogens (tertiary/aromatic N) is 1. The van der Waals surface area contributed by atoms with Gasteiger partial charge < -0.3 is 9.26 Å². The van der Waals surface area contributed by atoms with Crippen molar-refractivity contribution in [2.75, 3.05) is 7.11 Å². The molecule has 3 nitrogen and oxygen atoms in total. The molecule has 0 saturated carbocycles. The largest absolute Gasteiger partial charge is 0.380 e. The summed E-state index contributed by atoms with van der Waals surface area (Å²) in [6, 6.07) is 5.90. The Labute approximate surface area is 69.9 Å². The molecular weight excluding hydrogens is 154 g/mol. The van der Waals surface area contributed by atoms with Crippen LogP contribution in [0, 0.1) is 0 Å². The van der Waals surface area contributed by atoms with Gasteiger partial charge in [0, 0.05) is 18.1 Å². The molecule has 62 valence electrons. The first-order chi connectivity index (χ1) is 5.92. The Morgan fingerprint density at radius 2 is 2.42 bits per heavy atom. The number of methoxy groups -OCH3 is 1. The quantitative estimate of drug-likeness (QED) is 0.679. The molecular formula is C9H9NO2. The molecule has 0 aliphatic rings. The van der Waals surface area contributed by atoms with Crippen LogP contribution in [0.25, 0.3) is 11.0 Å². The molecule has 0 amide bonds. The van der Waals surface area contributed by atoms with E-state index in [0.29, 0.717) is 6.61 Å². The number of para-hydroxylation sites is 1.